The van der Waals surface area contributed by atoms with Crippen molar-refractivity contribution in [1.82, 2.24) is 10.2 Å². The van der Waals surface area contributed by atoms with E-state index in [4.69, 9.17) is 11.6 Å². The molecule has 1 aliphatic rings. The quantitative estimate of drug-likeness (QED) is 0.646. The van der Waals surface area contributed by atoms with E-state index in [9.17, 15) is 15.0 Å². The number of rotatable bonds is 2. The molecule has 0 unspecified atom stereocenters. The highest BCUT2D eigenvalue weighted by Crippen LogP contribution is 2.48. The topological polar surface area (TPSA) is 95.3 Å². The molecule has 2 aromatic carbocycles. The summed E-state index contributed by atoms with van der Waals surface area (Å²) in [6.45, 7) is 1.76. The highest BCUT2D eigenvalue weighted by Gasteiger charge is 2.52. The third-order valence-corrected chi connectivity index (χ3v) is 5.05. The standard InChI is InChI=1S/C19H14ClN3O3/c1-10-15-16(22-23-17(10)20)19(18(26)21-15,11-2-6-13(24)7-3-11)12-4-8-14(25)9-5-12/h2-9,24-25H,1H3,(H,21,26). The van der Waals surface area contributed by atoms with Crippen LogP contribution in [0.1, 0.15) is 22.4 Å². The SMILES string of the molecule is Cc1c(Cl)nnc2c1NC(=O)C2(c1ccc(O)cc1)c1ccc(O)cc1. The van der Waals surface area contributed by atoms with E-state index < -0.39 is 5.41 Å². The lowest BCUT2D eigenvalue weighted by Crippen LogP contribution is -2.37. The Balaban J connectivity index is 2.08. The van der Waals surface area contributed by atoms with Crippen LogP contribution < -0.4 is 5.32 Å². The summed E-state index contributed by atoms with van der Waals surface area (Å²) < 4.78 is 0. The number of nitrogens with one attached hydrogen (secondary N) is 1. The van der Waals surface area contributed by atoms with Crippen LogP contribution in [-0.4, -0.2) is 26.3 Å². The van der Waals surface area contributed by atoms with Crippen LogP contribution in [-0.2, 0) is 10.2 Å². The zero-order valence-electron chi connectivity index (χ0n) is 13.7. The molecule has 26 heavy (non-hydrogen) atoms. The molecule has 2 heterocycles. The van der Waals surface area contributed by atoms with Crippen LogP contribution in [0.5, 0.6) is 11.5 Å². The van der Waals surface area contributed by atoms with Gasteiger partial charge in [-0.25, -0.2) is 0 Å². The first kappa shape index (κ1) is 16.4. The number of fused-ring (bicyclic) bond motifs is 1. The van der Waals surface area contributed by atoms with Gasteiger partial charge in [0.15, 0.2) is 5.15 Å². The van der Waals surface area contributed by atoms with E-state index in [1.54, 1.807) is 31.2 Å². The Morgan fingerprint density at radius 2 is 1.42 bits per heavy atom. The molecule has 130 valence electrons. The zero-order valence-corrected chi connectivity index (χ0v) is 14.4. The number of amides is 1. The summed E-state index contributed by atoms with van der Waals surface area (Å²) in [7, 11) is 0. The number of benzene rings is 2. The number of aromatic hydroxyl groups is 2. The molecule has 7 heteroatoms. The average Bonchev–Trinajstić information content (AvgIpc) is 2.93. The predicted molar refractivity (Wildman–Crippen MR) is 96.5 cm³/mol. The Bertz CT molecular complexity index is 972. The molecule has 0 saturated carbocycles. The zero-order chi connectivity index (χ0) is 18.5. The summed E-state index contributed by atoms with van der Waals surface area (Å²) in [5, 5.41) is 30.6. The number of hydrogen-bond donors (Lipinski definition) is 3. The van der Waals surface area contributed by atoms with Gasteiger partial charge in [-0.05, 0) is 42.3 Å². The minimum absolute atomic E-state index is 0.0894. The molecule has 0 atom stereocenters. The molecular formula is C19H14ClN3O3. The Morgan fingerprint density at radius 1 is 0.923 bits per heavy atom. The van der Waals surface area contributed by atoms with Gasteiger partial charge >= 0.3 is 0 Å². The molecule has 0 saturated heterocycles. The normalized spacial score (nSPS) is 14.8. The number of carbonyl (C=O) groups is 1. The molecule has 0 fully saturated rings. The fraction of sp³-hybridized carbons (Fsp3) is 0.105. The maximum atomic E-state index is 13.2. The Labute approximate surface area is 154 Å². The lowest BCUT2D eigenvalue weighted by atomic mass is 9.72. The fourth-order valence-corrected chi connectivity index (χ4v) is 3.49. The number of nitrogens with zero attached hydrogens (tertiary/aromatic N) is 2. The number of carbonyl (C=O) groups excluding carboxylic acids is 1. The van der Waals surface area contributed by atoms with Crippen LogP contribution in [0.25, 0.3) is 0 Å². The van der Waals surface area contributed by atoms with Crippen molar-refractivity contribution in [1.29, 1.82) is 0 Å². The summed E-state index contributed by atoms with van der Waals surface area (Å²) in [5.74, 6) is -0.123. The van der Waals surface area contributed by atoms with Crippen molar-refractivity contribution in [3.63, 3.8) is 0 Å². The van der Waals surface area contributed by atoms with Crippen molar-refractivity contribution >= 4 is 23.2 Å². The van der Waals surface area contributed by atoms with Crippen molar-refractivity contribution in [3.05, 3.63) is 76.1 Å². The Kier molecular flexibility index (Phi) is 3.59. The summed E-state index contributed by atoms with van der Waals surface area (Å²) in [6, 6.07) is 12.7. The number of phenols is 2. The number of halogens is 1. The van der Waals surface area contributed by atoms with Gasteiger partial charge in [0.2, 0.25) is 5.91 Å². The molecule has 3 N–H and O–H groups in total. The van der Waals surface area contributed by atoms with Gasteiger partial charge < -0.3 is 15.5 Å². The van der Waals surface area contributed by atoms with Crippen molar-refractivity contribution in [2.75, 3.05) is 5.32 Å². The number of phenolic OH excluding ortho intramolecular Hbond substituents is 2. The van der Waals surface area contributed by atoms with Gasteiger partial charge in [0.25, 0.3) is 0 Å². The van der Waals surface area contributed by atoms with Gasteiger partial charge in [-0.1, -0.05) is 35.9 Å². The maximum Gasteiger partial charge on any atom is 0.245 e. The first-order chi connectivity index (χ1) is 12.4. The van der Waals surface area contributed by atoms with Crippen LogP contribution in [0, 0.1) is 6.92 Å². The molecule has 0 aliphatic carbocycles. The molecular weight excluding hydrogens is 354 g/mol. The molecule has 6 nitrogen and oxygen atoms in total. The highest BCUT2D eigenvalue weighted by atomic mass is 35.5. The average molecular weight is 368 g/mol. The molecule has 0 spiro atoms. The Hall–Kier alpha value is -3.12. The molecule has 1 aliphatic heterocycles. The monoisotopic (exact) mass is 367 g/mol. The van der Waals surface area contributed by atoms with Crippen LogP contribution in [0.15, 0.2) is 48.5 Å². The predicted octanol–water partition coefficient (Wildman–Crippen LogP) is 3.14. The summed E-state index contributed by atoms with van der Waals surface area (Å²) in [6.07, 6.45) is 0. The minimum Gasteiger partial charge on any atom is -0.508 e. The summed E-state index contributed by atoms with van der Waals surface area (Å²) >= 11 is 6.08. The van der Waals surface area contributed by atoms with Crippen molar-refractivity contribution in [2.24, 2.45) is 0 Å². The molecule has 1 aromatic heterocycles. The third-order valence-electron chi connectivity index (χ3n) is 4.69. The summed E-state index contributed by atoms with van der Waals surface area (Å²) in [4.78, 5) is 13.2. The van der Waals surface area contributed by atoms with Crippen LogP contribution in [0.4, 0.5) is 5.69 Å². The van der Waals surface area contributed by atoms with E-state index in [1.807, 2.05) is 0 Å². The lowest BCUT2D eigenvalue weighted by Gasteiger charge is -2.27. The third kappa shape index (κ3) is 2.16. The van der Waals surface area contributed by atoms with Crippen LogP contribution in [0.2, 0.25) is 5.15 Å². The molecule has 3 aromatic rings. The van der Waals surface area contributed by atoms with Crippen molar-refractivity contribution in [2.45, 2.75) is 12.3 Å². The highest BCUT2D eigenvalue weighted by molar-refractivity contribution is 6.30. The maximum absolute atomic E-state index is 13.2. The van der Waals surface area contributed by atoms with Gasteiger partial charge in [-0.15, -0.1) is 5.10 Å². The van der Waals surface area contributed by atoms with E-state index in [0.29, 0.717) is 28.1 Å². The van der Waals surface area contributed by atoms with E-state index in [-0.39, 0.29) is 22.6 Å². The molecule has 0 radical (unpaired) electrons. The first-order valence-electron chi connectivity index (χ1n) is 7.88. The van der Waals surface area contributed by atoms with Crippen molar-refractivity contribution < 1.29 is 15.0 Å². The first-order valence-corrected chi connectivity index (χ1v) is 8.26. The fourth-order valence-electron chi connectivity index (χ4n) is 3.36. The van der Waals surface area contributed by atoms with Gasteiger partial charge in [-0.3, -0.25) is 4.79 Å². The molecule has 0 bridgehead atoms. The van der Waals surface area contributed by atoms with Gasteiger partial charge in [0, 0.05) is 5.56 Å². The van der Waals surface area contributed by atoms with Gasteiger partial charge in [0.1, 0.15) is 22.6 Å². The summed E-state index contributed by atoms with van der Waals surface area (Å²) in [5.41, 5.74) is 1.56. The molecule has 1 amide bonds. The lowest BCUT2D eigenvalue weighted by molar-refractivity contribution is -0.118. The van der Waals surface area contributed by atoms with E-state index in [0.717, 1.165) is 0 Å². The second kappa shape index (κ2) is 5.71. The Morgan fingerprint density at radius 3 is 1.92 bits per heavy atom. The smallest absolute Gasteiger partial charge is 0.245 e. The molecule has 4 rings (SSSR count). The minimum atomic E-state index is -1.26. The van der Waals surface area contributed by atoms with Crippen molar-refractivity contribution in [3.8, 4) is 11.5 Å². The number of anilines is 1. The number of hydrogen-bond acceptors (Lipinski definition) is 5. The largest absolute Gasteiger partial charge is 0.508 e. The second-order valence-electron chi connectivity index (χ2n) is 6.14. The van der Waals surface area contributed by atoms with Crippen LogP contribution in [0.3, 0.4) is 0 Å². The van der Waals surface area contributed by atoms with Crippen LogP contribution >= 0.6 is 11.6 Å². The van der Waals surface area contributed by atoms with E-state index in [1.165, 1.54) is 24.3 Å². The van der Waals surface area contributed by atoms with E-state index in [2.05, 4.69) is 15.5 Å². The van der Waals surface area contributed by atoms with Gasteiger partial charge in [0.05, 0.1) is 5.69 Å². The second-order valence-corrected chi connectivity index (χ2v) is 6.50. The van der Waals surface area contributed by atoms with Gasteiger partial charge in [-0.2, -0.15) is 5.10 Å². The van der Waals surface area contributed by atoms with E-state index >= 15 is 0 Å². The number of aromatic nitrogens is 2.